The molecule has 2 nitrogen and oxygen atoms in total. The van der Waals surface area contributed by atoms with Gasteiger partial charge >= 0.3 is 0 Å². The lowest BCUT2D eigenvalue weighted by atomic mass is 9.47. The van der Waals surface area contributed by atoms with Crippen LogP contribution in [-0.4, -0.2) is 34.1 Å². The number of aliphatic hydroxyl groups is 1. The largest absolute Gasteiger partial charge is 0.393 e. The fourth-order valence-corrected chi connectivity index (χ4v) is 10.9. The van der Waals surface area contributed by atoms with E-state index in [9.17, 15) is 5.11 Å². The zero-order valence-corrected chi connectivity index (χ0v) is 22.4. The molecule has 0 amide bonds. The Bertz CT molecular complexity index is 691. The predicted octanol–water partition coefficient (Wildman–Crippen LogP) is 7.50. The number of hydrogen-bond acceptors (Lipinski definition) is 2. The maximum Gasteiger partial charge on any atom is 0.0706 e. The first-order chi connectivity index (χ1) is 14.4. The zero-order chi connectivity index (χ0) is 22.8. The second-order valence-corrected chi connectivity index (χ2v) is 16.8. The van der Waals surface area contributed by atoms with E-state index >= 15 is 0 Å². The van der Waals surface area contributed by atoms with E-state index in [0.717, 1.165) is 30.6 Å². The van der Waals surface area contributed by atoms with Crippen LogP contribution in [0, 0.1) is 34.5 Å². The zero-order valence-electron chi connectivity index (χ0n) is 21.6. The van der Waals surface area contributed by atoms with Crippen LogP contribution in [0.25, 0.3) is 0 Å². The van der Waals surface area contributed by atoms with Gasteiger partial charge in [-0.05, 0) is 99.0 Å². The lowest BCUT2D eigenvalue weighted by Crippen LogP contribution is -2.51. The lowest BCUT2D eigenvalue weighted by molar-refractivity contribution is -0.0632. The highest BCUT2D eigenvalue weighted by molar-refractivity contribution is 8.30. The summed E-state index contributed by atoms with van der Waals surface area (Å²) in [6.07, 6.45) is 15.1. The molecule has 8 unspecified atom stereocenters. The van der Waals surface area contributed by atoms with Crippen molar-refractivity contribution >= 4 is 10.3 Å². The Morgan fingerprint density at radius 3 is 2.29 bits per heavy atom. The lowest BCUT2D eigenvalue weighted by Gasteiger charge is -2.58. The van der Waals surface area contributed by atoms with Gasteiger partial charge in [0.2, 0.25) is 0 Å². The summed E-state index contributed by atoms with van der Waals surface area (Å²) in [5.41, 5.74) is 2.38. The highest BCUT2D eigenvalue weighted by Gasteiger charge is 2.59. The second kappa shape index (κ2) is 8.35. The maximum atomic E-state index is 10.3. The van der Waals surface area contributed by atoms with Gasteiger partial charge in [0.15, 0.2) is 0 Å². The molecule has 0 aromatic carbocycles. The van der Waals surface area contributed by atoms with E-state index in [2.05, 4.69) is 60.8 Å². The highest BCUT2D eigenvalue weighted by Crippen LogP contribution is 2.67. The quantitative estimate of drug-likeness (QED) is 0.439. The molecule has 0 aliphatic heterocycles. The van der Waals surface area contributed by atoms with Crippen molar-refractivity contribution in [3.05, 3.63) is 11.6 Å². The standard InChI is InChI=1S/C28H50O2S/c1-18(2)31(8,19(3)4)30-20(5)24-11-12-25-23-10-9-21-17-22(29)13-15-27(21,6)26(23)14-16-28(24,25)7/h9,18-20,22-26,29H,10-17H2,1-8H3. The molecular formula is C28H50O2S. The van der Waals surface area contributed by atoms with Gasteiger partial charge in [0.05, 0.1) is 12.2 Å². The van der Waals surface area contributed by atoms with Crippen molar-refractivity contribution in [3.8, 4) is 0 Å². The Balaban J connectivity index is 1.55. The molecule has 3 saturated carbocycles. The van der Waals surface area contributed by atoms with Crippen molar-refractivity contribution < 1.29 is 9.29 Å². The summed E-state index contributed by atoms with van der Waals surface area (Å²) in [7, 11) is -1.06. The van der Waals surface area contributed by atoms with E-state index < -0.39 is 10.3 Å². The third-order valence-corrected chi connectivity index (χ3v) is 15.4. The van der Waals surface area contributed by atoms with Crippen molar-refractivity contribution in [1.29, 1.82) is 0 Å². The Morgan fingerprint density at radius 2 is 1.65 bits per heavy atom. The SMILES string of the molecule is CC(OS(C)(C(C)C)C(C)C)C1CCC2C3CC=C4CC(O)CCC4(C)C3CCC12C. The van der Waals surface area contributed by atoms with E-state index in [1.54, 1.807) is 5.57 Å². The van der Waals surface area contributed by atoms with Crippen molar-refractivity contribution in [2.75, 3.05) is 6.26 Å². The minimum Gasteiger partial charge on any atom is -0.393 e. The number of aliphatic hydroxyl groups excluding tert-OH is 1. The number of hydrogen-bond donors (Lipinski definition) is 1. The summed E-state index contributed by atoms with van der Waals surface area (Å²) in [4.78, 5) is 0. The van der Waals surface area contributed by atoms with E-state index in [-0.39, 0.29) is 6.10 Å². The molecule has 8 atom stereocenters. The van der Waals surface area contributed by atoms with Crippen LogP contribution in [0.15, 0.2) is 11.6 Å². The van der Waals surface area contributed by atoms with Crippen LogP contribution in [0.2, 0.25) is 0 Å². The number of allylic oxidation sites excluding steroid dienone is 1. The summed E-state index contributed by atoms with van der Waals surface area (Å²) in [5.74, 6) is 3.22. The number of fused-ring (bicyclic) bond motifs is 5. The average Bonchev–Trinajstić information content (AvgIpc) is 3.05. The van der Waals surface area contributed by atoms with Crippen LogP contribution in [0.4, 0.5) is 0 Å². The smallest absolute Gasteiger partial charge is 0.0706 e. The van der Waals surface area contributed by atoms with Crippen LogP contribution >= 0.6 is 10.3 Å². The molecule has 1 N–H and O–H groups in total. The summed E-state index contributed by atoms with van der Waals surface area (Å²) < 4.78 is 7.06. The molecule has 0 bridgehead atoms. The molecule has 4 rings (SSSR count). The van der Waals surface area contributed by atoms with Crippen LogP contribution < -0.4 is 0 Å². The molecule has 3 fully saturated rings. The van der Waals surface area contributed by atoms with E-state index in [0.29, 0.717) is 33.4 Å². The van der Waals surface area contributed by atoms with Crippen molar-refractivity contribution in [2.24, 2.45) is 34.5 Å². The van der Waals surface area contributed by atoms with E-state index in [1.807, 2.05) is 0 Å². The molecule has 3 heteroatoms. The van der Waals surface area contributed by atoms with Crippen LogP contribution in [0.3, 0.4) is 0 Å². The van der Waals surface area contributed by atoms with E-state index in [4.69, 9.17) is 4.18 Å². The molecule has 0 radical (unpaired) electrons. The Morgan fingerprint density at radius 1 is 0.968 bits per heavy atom. The van der Waals surface area contributed by atoms with Gasteiger partial charge in [0.1, 0.15) is 0 Å². The van der Waals surface area contributed by atoms with Crippen LogP contribution in [-0.2, 0) is 4.18 Å². The summed E-state index contributed by atoms with van der Waals surface area (Å²) >= 11 is 0. The van der Waals surface area contributed by atoms with E-state index in [1.165, 1.54) is 38.5 Å². The molecule has 0 saturated heterocycles. The molecular weight excluding hydrogens is 400 g/mol. The van der Waals surface area contributed by atoms with Gasteiger partial charge in [0.25, 0.3) is 0 Å². The summed E-state index contributed by atoms with van der Waals surface area (Å²) in [5, 5.41) is 11.5. The molecule has 180 valence electrons. The van der Waals surface area contributed by atoms with Gasteiger partial charge in [-0.15, -0.1) is 10.3 Å². The third-order valence-electron chi connectivity index (χ3n) is 10.9. The van der Waals surface area contributed by atoms with Gasteiger partial charge in [0, 0.05) is 10.5 Å². The molecule has 0 heterocycles. The fraction of sp³-hybridized carbons (Fsp3) is 0.929. The van der Waals surface area contributed by atoms with Gasteiger partial charge in [-0.2, -0.15) is 0 Å². The minimum atomic E-state index is -1.06. The van der Waals surface area contributed by atoms with Crippen molar-refractivity contribution in [2.45, 2.75) is 123 Å². The van der Waals surface area contributed by atoms with Gasteiger partial charge < -0.3 is 9.29 Å². The Kier molecular flexibility index (Phi) is 6.50. The predicted molar refractivity (Wildman–Crippen MR) is 136 cm³/mol. The summed E-state index contributed by atoms with van der Waals surface area (Å²) in [6.45, 7) is 17.0. The number of rotatable bonds is 5. The van der Waals surface area contributed by atoms with Gasteiger partial charge in [-0.1, -0.05) is 53.2 Å². The Hall–Kier alpha value is 0.01000. The van der Waals surface area contributed by atoms with Crippen molar-refractivity contribution in [3.63, 3.8) is 0 Å². The maximum absolute atomic E-state index is 10.3. The second-order valence-electron chi connectivity index (χ2n) is 12.7. The van der Waals surface area contributed by atoms with Crippen LogP contribution in [0.1, 0.15) is 99.8 Å². The van der Waals surface area contributed by atoms with Gasteiger partial charge in [-0.3, -0.25) is 0 Å². The first-order valence-electron chi connectivity index (χ1n) is 13.3. The molecule has 0 aromatic heterocycles. The molecule has 31 heavy (non-hydrogen) atoms. The monoisotopic (exact) mass is 450 g/mol. The van der Waals surface area contributed by atoms with Crippen LogP contribution in [0.5, 0.6) is 0 Å². The van der Waals surface area contributed by atoms with Crippen molar-refractivity contribution in [1.82, 2.24) is 0 Å². The molecule has 4 aliphatic rings. The van der Waals surface area contributed by atoms with Gasteiger partial charge in [-0.25, -0.2) is 0 Å². The topological polar surface area (TPSA) is 29.5 Å². The Labute approximate surface area is 194 Å². The fourth-order valence-electron chi connectivity index (χ4n) is 8.61. The minimum absolute atomic E-state index is 0.0997. The molecule has 0 aromatic rings. The first-order valence-corrected chi connectivity index (χ1v) is 15.3. The highest BCUT2D eigenvalue weighted by atomic mass is 32.3. The summed E-state index contributed by atoms with van der Waals surface area (Å²) in [6, 6.07) is 0. The third kappa shape index (κ3) is 3.77. The average molecular weight is 451 g/mol. The normalized spacial score (nSPS) is 44.5. The first kappa shape index (κ1) is 24.1. The molecule has 4 aliphatic carbocycles. The molecule has 0 spiro atoms.